The number of nitrogens with zero attached hydrogens (tertiary/aromatic N) is 3. The van der Waals surface area contributed by atoms with Gasteiger partial charge in [0, 0.05) is 13.2 Å². The predicted molar refractivity (Wildman–Crippen MR) is 77.0 cm³/mol. The Morgan fingerprint density at radius 2 is 2.29 bits per heavy atom. The van der Waals surface area contributed by atoms with Gasteiger partial charge in [0.1, 0.15) is 5.02 Å². The molecular formula is C12H15Cl2N3O4. The fourth-order valence-corrected chi connectivity index (χ4v) is 2.59. The highest BCUT2D eigenvalue weighted by Crippen LogP contribution is 2.31. The standard InChI is InChI=1S/C12H15Cl2N3O4/c1-20-11(19)9-8(13)10(16-12(14)15-9)17-3-5-21-6-7(17)2-4-18/h7,18H,2-6H2,1H3/t7-/m1/s1. The first-order valence-electron chi connectivity index (χ1n) is 6.35. The van der Waals surface area contributed by atoms with Gasteiger partial charge in [0.2, 0.25) is 5.28 Å². The number of rotatable bonds is 4. The molecule has 1 aromatic heterocycles. The Balaban J connectivity index is 2.41. The van der Waals surface area contributed by atoms with Crippen LogP contribution in [0.25, 0.3) is 0 Å². The molecule has 0 spiro atoms. The molecule has 0 amide bonds. The fourth-order valence-electron chi connectivity index (χ4n) is 2.15. The minimum Gasteiger partial charge on any atom is -0.464 e. The van der Waals surface area contributed by atoms with Crippen molar-refractivity contribution in [3.05, 3.63) is 16.0 Å². The number of esters is 1. The molecule has 116 valence electrons. The van der Waals surface area contributed by atoms with Crippen molar-refractivity contribution in [2.45, 2.75) is 12.5 Å². The Labute approximate surface area is 131 Å². The molecule has 1 N–H and O–H groups in total. The molecule has 1 aromatic rings. The number of aliphatic hydroxyl groups excluding tert-OH is 1. The van der Waals surface area contributed by atoms with Crippen LogP contribution in [-0.2, 0) is 9.47 Å². The molecule has 0 radical (unpaired) electrons. The summed E-state index contributed by atoms with van der Waals surface area (Å²) in [6, 6.07) is -0.0993. The molecule has 0 aliphatic carbocycles. The van der Waals surface area contributed by atoms with Crippen molar-refractivity contribution < 1.29 is 19.4 Å². The van der Waals surface area contributed by atoms with Gasteiger partial charge in [-0.15, -0.1) is 0 Å². The third kappa shape index (κ3) is 3.55. The molecule has 0 aromatic carbocycles. The van der Waals surface area contributed by atoms with Crippen molar-refractivity contribution in [2.75, 3.05) is 38.4 Å². The molecule has 1 saturated heterocycles. The van der Waals surface area contributed by atoms with Crippen LogP contribution in [0.15, 0.2) is 0 Å². The molecule has 1 fully saturated rings. The van der Waals surface area contributed by atoms with E-state index in [0.29, 0.717) is 32.0 Å². The van der Waals surface area contributed by atoms with Crippen LogP contribution in [0.2, 0.25) is 10.3 Å². The van der Waals surface area contributed by atoms with Gasteiger partial charge in [0.05, 0.1) is 26.4 Å². The molecule has 21 heavy (non-hydrogen) atoms. The summed E-state index contributed by atoms with van der Waals surface area (Å²) in [7, 11) is 1.23. The molecule has 1 aliphatic heterocycles. The third-order valence-corrected chi connectivity index (χ3v) is 3.66. The van der Waals surface area contributed by atoms with Gasteiger partial charge in [-0.2, -0.15) is 4.98 Å². The highest BCUT2D eigenvalue weighted by molar-refractivity contribution is 6.36. The maximum atomic E-state index is 11.7. The first kappa shape index (κ1) is 16.2. The molecule has 2 heterocycles. The molecule has 7 nitrogen and oxygen atoms in total. The number of anilines is 1. The van der Waals surface area contributed by atoms with E-state index in [1.807, 2.05) is 4.90 Å². The van der Waals surface area contributed by atoms with Crippen LogP contribution in [-0.4, -0.2) is 60.6 Å². The first-order valence-corrected chi connectivity index (χ1v) is 7.10. The number of carbonyl (C=O) groups is 1. The number of aliphatic hydroxyl groups is 1. The van der Waals surface area contributed by atoms with Gasteiger partial charge in [0.15, 0.2) is 11.5 Å². The van der Waals surface area contributed by atoms with E-state index >= 15 is 0 Å². The van der Waals surface area contributed by atoms with Gasteiger partial charge in [-0.3, -0.25) is 0 Å². The molecule has 0 saturated carbocycles. The highest BCUT2D eigenvalue weighted by atomic mass is 35.5. The monoisotopic (exact) mass is 335 g/mol. The smallest absolute Gasteiger partial charge is 0.358 e. The number of methoxy groups -OCH3 is 1. The van der Waals surface area contributed by atoms with Crippen molar-refractivity contribution in [2.24, 2.45) is 0 Å². The lowest BCUT2D eigenvalue weighted by Crippen LogP contribution is -2.46. The van der Waals surface area contributed by atoms with E-state index < -0.39 is 5.97 Å². The lowest BCUT2D eigenvalue weighted by atomic mass is 10.1. The van der Waals surface area contributed by atoms with E-state index in [-0.39, 0.29) is 28.6 Å². The largest absolute Gasteiger partial charge is 0.464 e. The van der Waals surface area contributed by atoms with Gasteiger partial charge < -0.3 is 19.5 Å². The lowest BCUT2D eigenvalue weighted by molar-refractivity contribution is 0.0594. The third-order valence-electron chi connectivity index (χ3n) is 3.15. The summed E-state index contributed by atoms with van der Waals surface area (Å²) in [5, 5.41) is 9.13. The zero-order valence-corrected chi connectivity index (χ0v) is 12.9. The van der Waals surface area contributed by atoms with Crippen LogP contribution >= 0.6 is 23.2 Å². The quantitative estimate of drug-likeness (QED) is 0.652. The maximum Gasteiger partial charge on any atom is 0.358 e. The molecule has 1 atom stereocenters. The van der Waals surface area contributed by atoms with Crippen molar-refractivity contribution >= 4 is 35.0 Å². The number of carbonyl (C=O) groups excluding carboxylic acids is 1. The summed E-state index contributed by atoms with van der Waals surface area (Å²) >= 11 is 12.1. The Bertz CT molecular complexity index is 527. The van der Waals surface area contributed by atoms with Crippen LogP contribution in [0.4, 0.5) is 5.82 Å². The summed E-state index contributed by atoms with van der Waals surface area (Å²) in [6.07, 6.45) is 0.492. The van der Waals surface area contributed by atoms with Crippen molar-refractivity contribution in [1.29, 1.82) is 0 Å². The molecular weight excluding hydrogens is 321 g/mol. The average molecular weight is 336 g/mol. The van der Waals surface area contributed by atoms with Gasteiger partial charge in [-0.25, -0.2) is 9.78 Å². The zero-order valence-electron chi connectivity index (χ0n) is 11.4. The van der Waals surface area contributed by atoms with E-state index in [1.54, 1.807) is 0 Å². The van der Waals surface area contributed by atoms with Crippen molar-refractivity contribution in [3.63, 3.8) is 0 Å². The Kier molecular flexibility index (Phi) is 5.58. The van der Waals surface area contributed by atoms with Gasteiger partial charge in [-0.1, -0.05) is 11.6 Å². The van der Waals surface area contributed by atoms with E-state index in [4.69, 9.17) is 33.0 Å². The number of halogens is 2. The second-order valence-electron chi connectivity index (χ2n) is 4.40. The van der Waals surface area contributed by atoms with E-state index in [0.717, 1.165) is 0 Å². The predicted octanol–water partition coefficient (Wildman–Crippen LogP) is 1.16. The lowest BCUT2D eigenvalue weighted by Gasteiger charge is -2.36. The SMILES string of the molecule is COC(=O)c1nc(Cl)nc(N2CCOC[C@H]2CCO)c1Cl. The number of aromatic nitrogens is 2. The molecule has 2 rings (SSSR count). The average Bonchev–Trinajstić information content (AvgIpc) is 2.49. The number of ether oxygens (including phenoxy) is 2. The van der Waals surface area contributed by atoms with Crippen LogP contribution in [0.3, 0.4) is 0 Å². The maximum absolute atomic E-state index is 11.7. The summed E-state index contributed by atoms with van der Waals surface area (Å²) < 4.78 is 10.0. The Hall–Kier alpha value is -1.15. The van der Waals surface area contributed by atoms with Gasteiger partial charge >= 0.3 is 5.97 Å². The van der Waals surface area contributed by atoms with E-state index in [9.17, 15) is 4.79 Å². The second kappa shape index (κ2) is 7.22. The summed E-state index contributed by atoms with van der Waals surface area (Å²) in [4.78, 5) is 21.5. The van der Waals surface area contributed by atoms with Gasteiger partial charge in [-0.05, 0) is 18.0 Å². The van der Waals surface area contributed by atoms with E-state index in [1.165, 1.54) is 7.11 Å². The highest BCUT2D eigenvalue weighted by Gasteiger charge is 2.29. The molecule has 9 heteroatoms. The van der Waals surface area contributed by atoms with Crippen molar-refractivity contribution in [1.82, 2.24) is 9.97 Å². The molecule has 0 unspecified atom stereocenters. The minimum atomic E-state index is -0.683. The summed E-state index contributed by atoms with van der Waals surface area (Å²) in [6.45, 7) is 1.46. The van der Waals surface area contributed by atoms with E-state index in [2.05, 4.69) is 14.7 Å². The minimum absolute atomic E-state index is 0.00478. The fraction of sp³-hybridized carbons (Fsp3) is 0.583. The summed E-state index contributed by atoms with van der Waals surface area (Å²) in [5.74, 6) is -0.337. The van der Waals surface area contributed by atoms with Crippen LogP contribution in [0.1, 0.15) is 16.9 Å². The van der Waals surface area contributed by atoms with Crippen LogP contribution in [0.5, 0.6) is 0 Å². The molecule has 1 aliphatic rings. The van der Waals surface area contributed by atoms with Gasteiger partial charge in [0.25, 0.3) is 0 Å². The van der Waals surface area contributed by atoms with Crippen molar-refractivity contribution in [3.8, 4) is 0 Å². The normalized spacial score (nSPS) is 18.7. The first-order chi connectivity index (χ1) is 10.1. The van der Waals surface area contributed by atoms with Crippen LogP contribution in [0, 0.1) is 0 Å². The zero-order chi connectivity index (χ0) is 15.4. The second-order valence-corrected chi connectivity index (χ2v) is 5.12. The Morgan fingerprint density at radius 3 is 2.95 bits per heavy atom. The Morgan fingerprint density at radius 1 is 1.52 bits per heavy atom. The molecule has 0 bridgehead atoms. The van der Waals surface area contributed by atoms with Crippen LogP contribution < -0.4 is 4.90 Å². The topological polar surface area (TPSA) is 84.8 Å². The number of morpholine rings is 1. The number of hydrogen-bond acceptors (Lipinski definition) is 7. The number of hydrogen-bond donors (Lipinski definition) is 1. The summed E-state index contributed by atoms with van der Waals surface area (Å²) in [5.41, 5.74) is -0.0802.